The van der Waals surface area contributed by atoms with Crippen LogP contribution in [-0.4, -0.2) is 33.3 Å². The van der Waals surface area contributed by atoms with Crippen LogP contribution in [0.5, 0.6) is 23.0 Å². The lowest BCUT2D eigenvalue weighted by molar-refractivity contribution is -0.116. The standard InChI is InChI=1S/C23H31NO5/c1-5-7-14-29-20-11-8-17(15-22(20)28-6-2)9-13-23(25)24-18-10-12-19(26-3)21(16-18)27-4/h8,10-12,15-16H,5-7,9,13-14H2,1-4H3,(H,24,25). The Labute approximate surface area is 173 Å². The molecule has 2 rings (SSSR count). The number of ether oxygens (including phenoxy) is 4. The number of carbonyl (C=O) groups excluding carboxylic acids is 1. The Morgan fingerprint density at radius 1 is 0.897 bits per heavy atom. The number of nitrogens with one attached hydrogen (secondary N) is 1. The molecule has 0 aliphatic carbocycles. The minimum Gasteiger partial charge on any atom is -0.493 e. The molecule has 0 atom stereocenters. The summed E-state index contributed by atoms with van der Waals surface area (Å²) in [6.07, 6.45) is 3.05. The van der Waals surface area contributed by atoms with Gasteiger partial charge in [-0.25, -0.2) is 0 Å². The molecule has 0 saturated carbocycles. The number of benzene rings is 2. The zero-order chi connectivity index (χ0) is 21.1. The second-order valence-corrected chi connectivity index (χ2v) is 6.53. The molecule has 2 aromatic carbocycles. The topological polar surface area (TPSA) is 66.0 Å². The molecule has 0 unspecified atom stereocenters. The number of methoxy groups -OCH3 is 2. The van der Waals surface area contributed by atoms with Gasteiger partial charge >= 0.3 is 0 Å². The van der Waals surface area contributed by atoms with Crippen LogP contribution in [0.2, 0.25) is 0 Å². The molecule has 2 aromatic rings. The molecule has 0 aliphatic rings. The maximum atomic E-state index is 12.4. The van der Waals surface area contributed by atoms with Gasteiger partial charge in [0.1, 0.15) is 0 Å². The van der Waals surface area contributed by atoms with Crippen molar-refractivity contribution >= 4 is 11.6 Å². The third-order valence-corrected chi connectivity index (χ3v) is 4.37. The van der Waals surface area contributed by atoms with Gasteiger partial charge in [-0.1, -0.05) is 19.4 Å². The molecule has 0 fully saturated rings. The summed E-state index contributed by atoms with van der Waals surface area (Å²) >= 11 is 0. The van der Waals surface area contributed by atoms with Gasteiger partial charge in [-0.2, -0.15) is 0 Å². The second kappa shape index (κ2) is 11.8. The maximum absolute atomic E-state index is 12.4. The van der Waals surface area contributed by atoms with E-state index in [2.05, 4.69) is 12.2 Å². The van der Waals surface area contributed by atoms with Crippen molar-refractivity contribution in [1.29, 1.82) is 0 Å². The van der Waals surface area contributed by atoms with Crippen molar-refractivity contribution in [2.24, 2.45) is 0 Å². The van der Waals surface area contributed by atoms with E-state index in [4.69, 9.17) is 18.9 Å². The molecule has 0 heterocycles. The fourth-order valence-corrected chi connectivity index (χ4v) is 2.82. The average molecular weight is 402 g/mol. The third-order valence-electron chi connectivity index (χ3n) is 4.37. The molecule has 1 amide bonds. The van der Waals surface area contributed by atoms with Gasteiger partial charge in [0.15, 0.2) is 23.0 Å². The Balaban J connectivity index is 1.96. The zero-order valence-corrected chi connectivity index (χ0v) is 17.7. The summed E-state index contributed by atoms with van der Waals surface area (Å²) in [5.74, 6) is 2.60. The van der Waals surface area contributed by atoms with Gasteiger partial charge in [0.2, 0.25) is 5.91 Å². The Morgan fingerprint density at radius 2 is 1.66 bits per heavy atom. The Hall–Kier alpha value is -2.89. The highest BCUT2D eigenvalue weighted by atomic mass is 16.5. The van der Waals surface area contributed by atoms with E-state index in [1.54, 1.807) is 32.4 Å². The molecule has 0 saturated heterocycles. The first kappa shape index (κ1) is 22.4. The maximum Gasteiger partial charge on any atom is 0.224 e. The van der Waals surface area contributed by atoms with Crippen LogP contribution in [-0.2, 0) is 11.2 Å². The normalized spacial score (nSPS) is 10.3. The fraction of sp³-hybridized carbons (Fsp3) is 0.435. The van der Waals surface area contributed by atoms with E-state index in [1.807, 2.05) is 25.1 Å². The van der Waals surface area contributed by atoms with Crippen molar-refractivity contribution in [2.75, 3.05) is 32.8 Å². The van der Waals surface area contributed by atoms with E-state index >= 15 is 0 Å². The molecule has 158 valence electrons. The molecule has 0 aliphatic heterocycles. The summed E-state index contributed by atoms with van der Waals surface area (Å²) in [5.41, 5.74) is 1.70. The van der Waals surface area contributed by atoms with Crippen molar-refractivity contribution in [2.45, 2.75) is 39.5 Å². The molecule has 1 N–H and O–H groups in total. The first-order valence-electron chi connectivity index (χ1n) is 10.0. The van der Waals surface area contributed by atoms with E-state index in [-0.39, 0.29) is 5.91 Å². The average Bonchev–Trinajstić information content (AvgIpc) is 2.73. The minimum absolute atomic E-state index is 0.0709. The van der Waals surface area contributed by atoms with E-state index in [0.717, 1.165) is 29.9 Å². The smallest absolute Gasteiger partial charge is 0.224 e. The molecular weight excluding hydrogens is 370 g/mol. The van der Waals surface area contributed by atoms with Crippen LogP contribution in [0.15, 0.2) is 36.4 Å². The Kier molecular flexibility index (Phi) is 9.15. The van der Waals surface area contributed by atoms with Crippen LogP contribution in [0.3, 0.4) is 0 Å². The van der Waals surface area contributed by atoms with Gasteiger partial charge in [-0.3, -0.25) is 4.79 Å². The predicted molar refractivity (Wildman–Crippen MR) is 115 cm³/mol. The summed E-state index contributed by atoms with van der Waals surface area (Å²) in [6, 6.07) is 11.1. The molecule has 0 radical (unpaired) electrons. The van der Waals surface area contributed by atoms with Crippen molar-refractivity contribution in [1.82, 2.24) is 0 Å². The number of hydrogen-bond donors (Lipinski definition) is 1. The molecule has 6 nitrogen and oxygen atoms in total. The monoisotopic (exact) mass is 401 g/mol. The highest BCUT2D eigenvalue weighted by Crippen LogP contribution is 2.31. The number of amides is 1. The summed E-state index contributed by atoms with van der Waals surface area (Å²) in [4.78, 5) is 12.4. The quantitative estimate of drug-likeness (QED) is 0.515. The summed E-state index contributed by atoms with van der Waals surface area (Å²) in [7, 11) is 3.14. The third kappa shape index (κ3) is 6.89. The first-order chi connectivity index (χ1) is 14.1. The lowest BCUT2D eigenvalue weighted by Gasteiger charge is -2.13. The van der Waals surface area contributed by atoms with E-state index < -0.39 is 0 Å². The first-order valence-corrected chi connectivity index (χ1v) is 10.0. The van der Waals surface area contributed by atoms with Crippen molar-refractivity contribution in [3.63, 3.8) is 0 Å². The van der Waals surface area contributed by atoms with Gasteiger partial charge in [-0.15, -0.1) is 0 Å². The van der Waals surface area contributed by atoms with Gasteiger partial charge in [-0.05, 0) is 49.6 Å². The van der Waals surface area contributed by atoms with Crippen molar-refractivity contribution in [3.8, 4) is 23.0 Å². The highest BCUT2D eigenvalue weighted by Gasteiger charge is 2.10. The number of anilines is 1. The zero-order valence-electron chi connectivity index (χ0n) is 17.7. The number of aryl methyl sites for hydroxylation is 1. The number of unbranched alkanes of at least 4 members (excludes halogenated alkanes) is 1. The van der Waals surface area contributed by atoms with E-state index in [9.17, 15) is 4.79 Å². The van der Waals surface area contributed by atoms with Crippen LogP contribution >= 0.6 is 0 Å². The number of rotatable bonds is 12. The molecule has 29 heavy (non-hydrogen) atoms. The van der Waals surface area contributed by atoms with Crippen LogP contribution < -0.4 is 24.3 Å². The van der Waals surface area contributed by atoms with E-state index in [0.29, 0.717) is 43.2 Å². The van der Waals surface area contributed by atoms with Crippen LogP contribution in [0.25, 0.3) is 0 Å². The number of hydrogen-bond acceptors (Lipinski definition) is 5. The molecule has 6 heteroatoms. The van der Waals surface area contributed by atoms with Crippen molar-refractivity contribution < 1.29 is 23.7 Å². The summed E-state index contributed by atoms with van der Waals surface area (Å²) in [5, 5.41) is 2.89. The van der Waals surface area contributed by atoms with Gasteiger partial charge in [0.25, 0.3) is 0 Å². The molecule has 0 bridgehead atoms. The van der Waals surface area contributed by atoms with Gasteiger partial charge in [0, 0.05) is 18.2 Å². The Morgan fingerprint density at radius 3 is 2.34 bits per heavy atom. The van der Waals surface area contributed by atoms with Crippen LogP contribution in [0, 0.1) is 0 Å². The summed E-state index contributed by atoms with van der Waals surface area (Å²) in [6.45, 7) is 5.30. The van der Waals surface area contributed by atoms with Gasteiger partial charge in [0.05, 0.1) is 27.4 Å². The molecule has 0 aromatic heterocycles. The van der Waals surface area contributed by atoms with Crippen molar-refractivity contribution in [3.05, 3.63) is 42.0 Å². The van der Waals surface area contributed by atoms with Crippen LogP contribution in [0.4, 0.5) is 5.69 Å². The minimum atomic E-state index is -0.0709. The molecule has 0 spiro atoms. The lowest BCUT2D eigenvalue weighted by atomic mass is 10.1. The fourth-order valence-electron chi connectivity index (χ4n) is 2.82. The predicted octanol–water partition coefficient (Wildman–Crippen LogP) is 4.85. The summed E-state index contributed by atoms with van der Waals surface area (Å²) < 4.78 is 22.0. The second-order valence-electron chi connectivity index (χ2n) is 6.53. The molecular formula is C23H31NO5. The Bertz CT molecular complexity index is 791. The number of carbonyl (C=O) groups is 1. The van der Waals surface area contributed by atoms with Gasteiger partial charge < -0.3 is 24.3 Å². The highest BCUT2D eigenvalue weighted by molar-refractivity contribution is 5.91. The SMILES string of the molecule is CCCCOc1ccc(CCC(=O)Nc2ccc(OC)c(OC)c2)cc1OCC. The lowest BCUT2D eigenvalue weighted by Crippen LogP contribution is -2.12. The van der Waals surface area contributed by atoms with E-state index in [1.165, 1.54) is 0 Å². The largest absolute Gasteiger partial charge is 0.493 e. The van der Waals surface area contributed by atoms with Crippen LogP contribution in [0.1, 0.15) is 38.7 Å².